The first-order valence-electron chi connectivity index (χ1n) is 6.65. The fourth-order valence-electron chi connectivity index (χ4n) is 2.33. The molecule has 9 atom stereocenters. The van der Waals surface area contributed by atoms with Crippen molar-refractivity contribution < 1.29 is 50.4 Å². The van der Waals surface area contributed by atoms with E-state index in [-0.39, 0.29) is 6.29 Å². The molecule has 10 nitrogen and oxygen atoms in total. The second kappa shape index (κ2) is 7.25. The highest BCUT2D eigenvalue weighted by molar-refractivity contribution is 5.65. The Hall–Kier alpha value is -0.690. The molecule has 0 saturated carbocycles. The molecule has 5 unspecified atom stereocenters. The van der Waals surface area contributed by atoms with E-state index in [2.05, 4.69) is 0 Å². The molecular formula is C12H22O10. The van der Waals surface area contributed by atoms with Crippen molar-refractivity contribution in [1.82, 2.24) is 0 Å². The van der Waals surface area contributed by atoms with Crippen LogP contribution >= 0.6 is 0 Å². The molecule has 0 amide bonds. The summed E-state index contributed by atoms with van der Waals surface area (Å²) in [6.45, 7) is 0.336. The van der Waals surface area contributed by atoms with Gasteiger partial charge in [-0.25, -0.2) is 0 Å². The second-order valence-electron chi connectivity index (χ2n) is 5.42. The molecule has 0 aromatic carbocycles. The number of rotatable bonds is 6. The monoisotopic (exact) mass is 326 g/mol. The average molecular weight is 326 g/mol. The number of aldehydes is 1. The summed E-state index contributed by atoms with van der Waals surface area (Å²) in [6, 6.07) is 0. The molecule has 130 valence electrons. The summed E-state index contributed by atoms with van der Waals surface area (Å²) in [4.78, 5) is 11.2. The third-order valence-corrected chi connectivity index (χ3v) is 3.88. The van der Waals surface area contributed by atoms with Crippen LogP contribution in [-0.4, -0.2) is 108 Å². The van der Waals surface area contributed by atoms with E-state index in [1.54, 1.807) is 0 Å². The zero-order valence-electron chi connectivity index (χ0n) is 11.8. The number of carbonyl (C=O) groups excluding carboxylic acids is 1. The van der Waals surface area contributed by atoms with Gasteiger partial charge in [-0.1, -0.05) is 0 Å². The molecule has 22 heavy (non-hydrogen) atoms. The standard InChI is InChI=1S/C12H22O10/c1-4-6(16)8(18)9(19)11(22-4)12(21,3-14)10(20)7(17)5(15)2-13/h3-11,13,15-21H,2H2,1H3/t4-,5?,6+,7?,8+,9-,10?,11?,12?/m0/s1. The third kappa shape index (κ3) is 3.30. The van der Waals surface area contributed by atoms with Crippen molar-refractivity contribution in [2.24, 2.45) is 0 Å². The molecule has 0 spiro atoms. The number of hydrogen-bond acceptors (Lipinski definition) is 10. The van der Waals surface area contributed by atoms with E-state index in [0.29, 0.717) is 0 Å². The van der Waals surface area contributed by atoms with Crippen LogP contribution in [0.1, 0.15) is 6.92 Å². The molecule has 1 heterocycles. The van der Waals surface area contributed by atoms with Gasteiger partial charge in [0.2, 0.25) is 0 Å². The van der Waals surface area contributed by atoms with Crippen molar-refractivity contribution in [2.75, 3.05) is 6.61 Å². The lowest BCUT2D eigenvalue weighted by Gasteiger charge is -2.46. The smallest absolute Gasteiger partial charge is 0.177 e. The predicted octanol–water partition coefficient (Wildman–Crippen LogP) is -5.14. The molecule has 1 aliphatic rings. The predicted molar refractivity (Wildman–Crippen MR) is 68.5 cm³/mol. The van der Waals surface area contributed by atoms with Gasteiger partial charge in [0, 0.05) is 0 Å². The van der Waals surface area contributed by atoms with Gasteiger partial charge >= 0.3 is 0 Å². The Morgan fingerprint density at radius 1 is 1.14 bits per heavy atom. The van der Waals surface area contributed by atoms with Crippen molar-refractivity contribution in [3.05, 3.63) is 0 Å². The zero-order valence-corrected chi connectivity index (χ0v) is 11.8. The lowest BCUT2D eigenvalue weighted by atomic mass is 9.80. The summed E-state index contributed by atoms with van der Waals surface area (Å²) in [5.41, 5.74) is -2.90. The van der Waals surface area contributed by atoms with Gasteiger partial charge in [0.1, 0.15) is 42.7 Å². The molecular weight excluding hydrogens is 304 g/mol. The van der Waals surface area contributed by atoms with Gasteiger partial charge in [-0.2, -0.15) is 0 Å². The van der Waals surface area contributed by atoms with Gasteiger partial charge < -0.3 is 45.6 Å². The zero-order chi connectivity index (χ0) is 17.2. The average Bonchev–Trinajstić information content (AvgIpc) is 2.53. The van der Waals surface area contributed by atoms with Crippen LogP contribution in [0.25, 0.3) is 0 Å². The van der Waals surface area contributed by atoms with E-state index < -0.39 is 61.0 Å². The summed E-state index contributed by atoms with van der Waals surface area (Å²) >= 11 is 0. The molecule has 1 aliphatic heterocycles. The molecule has 0 radical (unpaired) electrons. The minimum atomic E-state index is -2.90. The molecule has 1 saturated heterocycles. The van der Waals surface area contributed by atoms with Crippen LogP contribution in [0.15, 0.2) is 0 Å². The Kier molecular flexibility index (Phi) is 6.38. The largest absolute Gasteiger partial charge is 0.394 e. The van der Waals surface area contributed by atoms with E-state index in [1.807, 2.05) is 0 Å². The molecule has 0 aliphatic carbocycles. The normalized spacial score (nSPS) is 39.6. The van der Waals surface area contributed by atoms with Crippen molar-refractivity contribution >= 4 is 6.29 Å². The summed E-state index contributed by atoms with van der Waals surface area (Å²) < 4.78 is 5.07. The Labute approximate surface area is 125 Å². The van der Waals surface area contributed by atoms with Gasteiger partial charge in [-0.3, -0.25) is 4.79 Å². The summed E-state index contributed by atoms with van der Waals surface area (Å²) in [5.74, 6) is 0. The van der Waals surface area contributed by atoms with Crippen LogP contribution in [-0.2, 0) is 9.53 Å². The Balaban J connectivity index is 3.08. The van der Waals surface area contributed by atoms with Gasteiger partial charge in [-0.15, -0.1) is 0 Å². The summed E-state index contributed by atoms with van der Waals surface area (Å²) in [5, 5.41) is 76.9. The Morgan fingerprint density at radius 3 is 2.14 bits per heavy atom. The first kappa shape index (κ1) is 19.4. The minimum Gasteiger partial charge on any atom is -0.394 e. The SMILES string of the molecule is C[C@@H]1OC(C(O)(C=O)C(O)C(O)C(O)CO)[C@@H](O)[C@H](O)[C@@H]1O. The van der Waals surface area contributed by atoms with E-state index in [1.165, 1.54) is 6.92 Å². The number of ether oxygens (including phenoxy) is 1. The molecule has 0 aromatic rings. The molecule has 0 bridgehead atoms. The number of aliphatic hydroxyl groups excluding tert-OH is 7. The van der Waals surface area contributed by atoms with Gasteiger partial charge in [-0.05, 0) is 6.92 Å². The molecule has 0 aromatic heterocycles. The van der Waals surface area contributed by atoms with E-state index in [0.717, 1.165) is 0 Å². The lowest BCUT2D eigenvalue weighted by Crippen LogP contribution is -2.70. The van der Waals surface area contributed by atoms with Crippen LogP contribution in [0.3, 0.4) is 0 Å². The number of carbonyl (C=O) groups is 1. The van der Waals surface area contributed by atoms with Crippen LogP contribution in [0.5, 0.6) is 0 Å². The highest BCUT2D eigenvalue weighted by atomic mass is 16.6. The van der Waals surface area contributed by atoms with Crippen molar-refractivity contribution in [3.63, 3.8) is 0 Å². The maximum Gasteiger partial charge on any atom is 0.177 e. The first-order valence-corrected chi connectivity index (χ1v) is 6.65. The van der Waals surface area contributed by atoms with Crippen molar-refractivity contribution in [1.29, 1.82) is 0 Å². The molecule has 1 fully saturated rings. The number of aliphatic hydroxyl groups is 8. The quantitative estimate of drug-likeness (QED) is 0.219. The van der Waals surface area contributed by atoms with Gasteiger partial charge in [0.25, 0.3) is 0 Å². The highest BCUT2D eigenvalue weighted by Crippen LogP contribution is 2.31. The third-order valence-electron chi connectivity index (χ3n) is 3.88. The van der Waals surface area contributed by atoms with E-state index >= 15 is 0 Å². The van der Waals surface area contributed by atoms with E-state index in [9.17, 15) is 40.5 Å². The summed E-state index contributed by atoms with van der Waals surface area (Å²) in [6.07, 6.45) is -14.7. The van der Waals surface area contributed by atoms with Crippen molar-refractivity contribution in [2.45, 2.75) is 61.4 Å². The van der Waals surface area contributed by atoms with Crippen LogP contribution in [0.2, 0.25) is 0 Å². The Bertz CT molecular complexity index is 379. The lowest BCUT2D eigenvalue weighted by molar-refractivity contribution is -0.276. The fraction of sp³-hybridized carbons (Fsp3) is 0.917. The Morgan fingerprint density at radius 2 is 1.68 bits per heavy atom. The fourth-order valence-corrected chi connectivity index (χ4v) is 2.33. The molecule has 1 rings (SSSR count). The topological polar surface area (TPSA) is 188 Å². The van der Waals surface area contributed by atoms with Gasteiger partial charge in [0.05, 0.1) is 12.7 Å². The van der Waals surface area contributed by atoms with Crippen LogP contribution in [0.4, 0.5) is 0 Å². The second-order valence-corrected chi connectivity index (χ2v) is 5.42. The van der Waals surface area contributed by atoms with Gasteiger partial charge in [0.15, 0.2) is 11.9 Å². The number of hydrogen-bond donors (Lipinski definition) is 8. The van der Waals surface area contributed by atoms with Crippen LogP contribution < -0.4 is 0 Å². The maximum absolute atomic E-state index is 11.2. The molecule has 8 N–H and O–H groups in total. The molecule has 10 heteroatoms. The van der Waals surface area contributed by atoms with Crippen molar-refractivity contribution in [3.8, 4) is 0 Å². The summed E-state index contributed by atoms with van der Waals surface area (Å²) in [7, 11) is 0. The maximum atomic E-state index is 11.2. The highest BCUT2D eigenvalue weighted by Gasteiger charge is 2.56. The first-order chi connectivity index (χ1) is 10.1. The minimum absolute atomic E-state index is 0.212. The van der Waals surface area contributed by atoms with E-state index in [4.69, 9.17) is 9.84 Å². The van der Waals surface area contributed by atoms with Crippen LogP contribution in [0, 0.1) is 0 Å².